The smallest absolute Gasteiger partial charge is 0.124 e. The molecule has 0 fully saturated rings. The molecule has 0 spiro atoms. The number of ether oxygens (including phenoxy) is 1. The van der Waals surface area contributed by atoms with Gasteiger partial charge in [0.1, 0.15) is 12.4 Å². The minimum absolute atomic E-state index is 0.0759. The molecule has 1 aromatic rings. The van der Waals surface area contributed by atoms with Crippen LogP contribution in [-0.4, -0.2) is 32.1 Å². The largest absolute Gasteiger partial charge is 0.492 e. The Labute approximate surface area is 102 Å². The van der Waals surface area contributed by atoms with E-state index in [1.54, 1.807) is 0 Å². The van der Waals surface area contributed by atoms with E-state index in [9.17, 15) is 0 Å². The fourth-order valence-corrected chi connectivity index (χ4v) is 1.53. The molecule has 0 bridgehead atoms. The number of nitrogens with two attached hydrogens (primary N) is 1. The van der Waals surface area contributed by atoms with Gasteiger partial charge < -0.3 is 15.4 Å². The minimum Gasteiger partial charge on any atom is -0.492 e. The SMILES string of the molecule is CC(N)c1cc(Cl)ccc1OCCN(C)C. The van der Waals surface area contributed by atoms with Gasteiger partial charge in [-0.3, -0.25) is 0 Å². The Kier molecular flexibility index (Phi) is 5.06. The lowest BCUT2D eigenvalue weighted by atomic mass is 10.1. The summed E-state index contributed by atoms with van der Waals surface area (Å²) in [6.45, 7) is 3.44. The van der Waals surface area contributed by atoms with Crippen molar-refractivity contribution in [3.63, 3.8) is 0 Å². The summed E-state index contributed by atoms with van der Waals surface area (Å²) in [6, 6.07) is 5.47. The van der Waals surface area contributed by atoms with Crippen molar-refractivity contribution < 1.29 is 4.74 Å². The van der Waals surface area contributed by atoms with Crippen LogP contribution in [0.15, 0.2) is 18.2 Å². The number of benzene rings is 1. The number of hydrogen-bond donors (Lipinski definition) is 1. The van der Waals surface area contributed by atoms with Crippen molar-refractivity contribution in [2.75, 3.05) is 27.2 Å². The third kappa shape index (κ3) is 4.00. The van der Waals surface area contributed by atoms with Gasteiger partial charge >= 0.3 is 0 Å². The molecule has 0 saturated heterocycles. The zero-order chi connectivity index (χ0) is 12.1. The van der Waals surface area contributed by atoms with Crippen LogP contribution in [0.1, 0.15) is 18.5 Å². The number of likely N-dealkylation sites (N-methyl/N-ethyl adjacent to an activating group) is 1. The molecule has 0 aromatic heterocycles. The van der Waals surface area contributed by atoms with Gasteiger partial charge in [0, 0.05) is 23.2 Å². The zero-order valence-electron chi connectivity index (χ0n) is 10.0. The molecule has 0 heterocycles. The molecular formula is C12H19ClN2O. The van der Waals surface area contributed by atoms with Gasteiger partial charge in [-0.2, -0.15) is 0 Å². The van der Waals surface area contributed by atoms with E-state index in [1.165, 1.54) is 0 Å². The van der Waals surface area contributed by atoms with E-state index in [0.29, 0.717) is 11.6 Å². The first-order valence-electron chi connectivity index (χ1n) is 5.33. The highest BCUT2D eigenvalue weighted by Gasteiger charge is 2.08. The van der Waals surface area contributed by atoms with Gasteiger partial charge in [-0.05, 0) is 39.2 Å². The summed E-state index contributed by atoms with van der Waals surface area (Å²) in [5.41, 5.74) is 6.82. The molecule has 0 aliphatic heterocycles. The summed E-state index contributed by atoms with van der Waals surface area (Å²) in [5.74, 6) is 0.821. The Morgan fingerprint density at radius 1 is 1.44 bits per heavy atom. The fourth-order valence-electron chi connectivity index (χ4n) is 1.34. The highest BCUT2D eigenvalue weighted by molar-refractivity contribution is 6.30. The van der Waals surface area contributed by atoms with Crippen molar-refractivity contribution in [3.05, 3.63) is 28.8 Å². The van der Waals surface area contributed by atoms with Crippen molar-refractivity contribution in [1.29, 1.82) is 0 Å². The van der Waals surface area contributed by atoms with Crippen LogP contribution in [0, 0.1) is 0 Å². The van der Waals surface area contributed by atoms with Crippen LogP contribution in [0.3, 0.4) is 0 Å². The Morgan fingerprint density at radius 3 is 2.69 bits per heavy atom. The first-order valence-corrected chi connectivity index (χ1v) is 5.71. The fraction of sp³-hybridized carbons (Fsp3) is 0.500. The van der Waals surface area contributed by atoms with Crippen LogP contribution < -0.4 is 10.5 Å². The second-order valence-electron chi connectivity index (χ2n) is 4.12. The first-order chi connectivity index (χ1) is 7.50. The first kappa shape index (κ1) is 13.3. The molecule has 16 heavy (non-hydrogen) atoms. The van der Waals surface area contributed by atoms with Crippen LogP contribution in [0.25, 0.3) is 0 Å². The lowest BCUT2D eigenvalue weighted by molar-refractivity contribution is 0.259. The molecular weight excluding hydrogens is 224 g/mol. The van der Waals surface area contributed by atoms with E-state index in [0.717, 1.165) is 17.9 Å². The molecule has 0 radical (unpaired) electrons. The Hall–Kier alpha value is -0.770. The van der Waals surface area contributed by atoms with Gasteiger partial charge in [0.15, 0.2) is 0 Å². The van der Waals surface area contributed by atoms with Crippen LogP contribution in [0.2, 0.25) is 5.02 Å². The summed E-state index contributed by atoms with van der Waals surface area (Å²) in [5, 5.41) is 0.687. The molecule has 0 amide bonds. The highest BCUT2D eigenvalue weighted by atomic mass is 35.5. The molecule has 2 N–H and O–H groups in total. The predicted molar refractivity (Wildman–Crippen MR) is 68.1 cm³/mol. The average Bonchev–Trinajstić information content (AvgIpc) is 2.19. The van der Waals surface area contributed by atoms with Gasteiger partial charge in [0.05, 0.1) is 0 Å². The summed E-state index contributed by atoms with van der Waals surface area (Å²) < 4.78 is 5.68. The van der Waals surface area contributed by atoms with Crippen molar-refractivity contribution in [2.45, 2.75) is 13.0 Å². The lowest BCUT2D eigenvalue weighted by Gasteiger charge is -2.16. The molecule has 1 aromatic carbocycles. The number of halogens is 1. The maximum absolute atomic E-state index is 5.93. The Bertz CT molecular complexity index is 340. The average molecular weight is 243 g/mol. The minimum atomic E-state index is -0.0759. The molecule has 4 heteroatoms. The van der Waals surface area contributed by atoms with E-state index in [-0.39, 0.29) is 6.04 Å². The second-order valence-corrected chi connectivity index (χ2v) is 4.56. The van der Waals surface area contributed by atoms with Gasteiger partial charge in [-0.1, -0.05) is 11.6 Å². The molecule has 1 unspecified atom stereocenters. The second kappa shape index (κ2) is 6.09. The quantitative estimate of drug-likeness (QED) is 0.861. The highest BCUT2D eigenvalue weighted by Crippen LogP contribution is 2.27. The Morgan fingerprint density at radius 2 is 2.12 bits per heavy atom. The summed E-state index contributed by atoms with van der Waals surface area (Å²) in [7, 11) is 4.02. The zero-order valence-corrected chi connectivity index (χ0v) is 10.8. The molecule has 1 atom stereocenters. The van der Waals surface area contributed by atoms with Crippen molar-refractivity contribution in [1.82, 2.24) is 4.90 Å². The van der Waals surface area contributed by atoms with Crippen molar-refractivity contribution in [3.8, 4) is 5.75 Å². The third-order valence-electron chi connectivity index (χ3n) is 2.26. The van der Waals surface area contributed by atoms with Gasteiger partial charge in [-0.25, -0.2) is 0 Å². The van der Waals surface area contributed by atoms with E-state index in [1.807, 2.05) is 39.2 Å². The Balaban J connectivity index is 2.71. The summed E-state index contributed by atoms with van der Waals surface area (Å²) >= 11 is 5.93. The predicted octanol–water partition coefficient (Wildman–Crippen LogP) is 2.30. The molecule has 0 aliphatic carbocycles. The maximum atomic E-state index is 5.93. The maximum Gasteiger partial charge on any atom is 0.124 e. The number of hydrogen-bond acceptors (Lipinski definition) is 3. The molecule has 0 saturated carbocycles. The normalized spacial score (nSPS) is 12.9. The van der Waals surface area contributed by atoms with Crippen molar-refractivity contribution >= 4 is 11.6 Å². The van der Waals surface area contributed by atoms with Crippen LogP contribution >= 0.6 is 11.6 Å². The molecule has 90 valence electrons. The molecule has 1 rings (SSSR count). The van der Waals surface area contributed by atoms with Crippen LogP contribution in [0.4, 0.5) is 0 Å². The van der Waals surface area contributed by atoms with E-state index >= 15 is 0 Å². The van der Waals surface area contributed by atoms with E-state index < -0.39 is 0 Å². The molecule has 3 nitrogen and oxygen atoms in total. The standard InChI is InChI=1S/C12H19ClN2O/c1-9(14)11-8-10(13)4-5-12(11)16-7-6-15(2)3/h4-5,8-9H,6-7,14H2,1-3H3. The topological polar surface area (TPSA) is 38.5 Å². The monoisotopic (exact) mass is 242 g/mol. The van der Waals surface area contributed by atoms with Crippen molar-refractivity contribution in [2.24, 2.45) is 5.73 Å². The van der Waals surface area contributed by atoms with Gasteiger partial charge in [0.25, 0.3) is 0 Å². The number of rotatable bonds is 5. The lowest BCUT2D eigenvalue weighted by Crippen LogP contribution is -2.20. The van der Waals surface area contributed by atoms with E-state index in [4.69, 9.17) is 22.1 Å². The van der Waals surface area contributed by atoms with Gasteiger partial charge in [0.2, 0.25) is 0 Å². The van der Waals surface area contributed by atoms with E-state index in [2.05, 4.69) is 4.90 Å². The number of nitrogens with zero attached hydrogens (tertiary/aromatic N) is 1. The molecule has 0 aliphatic rings. The van der Waals surface area contributed by atoms with Crippen LogP contribution in [0.5, 0.6) is 5.75 Å². The summed E-state index contributed by atoms with van der Waals surface area (Å²) in [4.78, 5) is 2.07. The van der Waals surface area contributed by atoms with Gasteiger partial charge in [-0.15, -0.1) is 0 Å². The van der Waals surface area contributed by atoms with Crippen LogP contribution in [-0.2, 0) is 0 Å². The summed E-state index contributed by atoms with van der Waals surface area (Å²) in [6.07, 6.45) is 0. The third-order valence-corrected chi connectivity index (χ3v) is 2.49.